The summed E-state index contributed by atoms with van der Waals surface area (Å²) >= 11 is 0. The Hall–Kier alpha value is -3.33. The molecule has 2 atom stereocenters. The van der Waals surface area contributed by atoms with Crippen LogP contribution >= 0.6 is 0 Å². The molecule has 2 heterocycles. The topological polar surface area (TPSA) is 93.2 Å². The summed E-state index contributed by atoms with van der Waals surface area (Å²) in [5.74, 6) is 0.498. The minimum absolute atomic E-state index is 0.222. The van der Waals surface area contributed by atoms with E-state index in [0.29, 0.717) is 31.3 Å². The Bertz CT molecular complexity index is 881. The van der Waals surface area contributed by atoms with Gasteiger partial charge in [0.2, 0.25) is 5.88 Å². The third kappa shape index (κ3) is 7.35. The number of piperazine rings is 1. The summed E-state index contributed by atoms with van der Waals surface area (Å²) in [5, 5.41) is 2.54. The van der Waals surface area contributed by atoms with Gasteiger partial charge < -0.3 is 19.1 Å². The smallest absolute Gasteiger partial charge is 0.411 e. The fourth-order valence-corrected chi connectivity index (χ4v) is 3.89. The SMILES string of the molecule is COC(=O)Nc1ccc(OCCCN2[C@H](C)CN(C(=O)OCc3ccccc3)C[C@@H]2C)nc1. The number of carbonyl (C=O) groups is 2. The molecular weight excluding hydrogens is 424 g/mol. The molecule has 9 heteroatoms. The number of methoxy groups -OCH3 is 1. The second-order valence-corrected chi connectivity index (χ2v) is 8.08. The van der Waals surface area contributed by atoms with Gasteiger partial charge in [-0.05, 0) is 31.9 Å². The van der Waals surface area contributed by atoms with Gasteiger partial charge in [0, 0.05) is 37.8 Å². The first-order valence-electron chi connectivity index (χ1n) is 11.1. The molecule has 0 spiro atoms. The van der Waals surface area contributed by atoms with Crippen molar-refractivity contribution in [3.05, 3.63) is 54.2 Å². The van der Waals surface area contributed by atoms with Gasteiger partial charge in [-0.25, -0.2) is 14.6 Å². The first-order chi connectivity index (χ1) is 16.0. The Morgan fingerprint density at radius 2 is 1.82 bits per heavy atom. The first kappa shape index (κ1) is 24.3. The summed E-state index contributed by atoms with van der Waals surface area (Å²) in [7, 11) is 1.31. The van der Waals surface area contributed by atoms with Gasteiger partial charge in [0.25, 0.3) is 0 Å². The number of nitrogens with one attached hydrogen (secondary N) is 1. The zero-order valence-corrected chi connectivity index (χ0v) is 19.4. The highest BCUT2D eigenvalue weighted by Crippen LogP contribution is 2.18. The van der Waals surface area contributed by atoms with Crippen LogP contribution in [0.4, 0.5) is 15.3 Å². The molecule has 1 saturated heterocycles. The third-order valence-corrected chi connectivity index (χ3v) is 5.54. The molecule has 0 bridgehead atoms. The van der Waals surface area contributed by atoms with Crippen LogP contribution < -0.4 is 10.1 Å². The molecule has 1 aromatic heterocycles. The maximum Gasteiger partial charge on any atom is 0.411 e. The van der Waals surface area contributed by atoms with Gasteiger partial charge in [0.1, 0.15) is 6.61 Å². The van der Waals surface area contributed by atoms with E-state index < -0.39 is 6.09 Å². The predicted octanol–water partition coefficient (Wildman–Crippen LogP) is 3.76. The van der Waals surface area contributed by atoms with Crippen LogP contribution in [0.3, 0.4) is 0 Å². The molecule has 178 valence electrons. The Labute approximate surface area is 194 Å². The number of hydrogen-bond donors (Lipinski definition) is 1. The van der Waals surface area contributed by atoms with Crippen LogP contribution in [0.2, 0.25) is 0 Å². The first-order valence-corrected chi connectivity index (χ1v) is 11.1. The van der Waals surface area contributed by atoms with E-state index in [1.54, 1.807) is 17.0 Å². The van der Waals surface area contributed by atoms with E-state index in [1.807, 2.05) is 30.3 Å². The number of carbonyl (C=O) groups excluding carboxylic acids is 2. The molecule has 2 amide bonds. The van der Waals surface area contributed by atoms with Crippen LogP contribution in [-0.2, 0) is 16.1 Å². The number of rotatable bonds is 8. The second kappa shape index (κ2) is 12.1. The van der Waals surface area contributed by atoms with Crippen molar-refractivity contribution < 1.29 is 23.8 Å². The van der Waals surface area contributed by atoms with Crippen LogP contribution in [0, 0.1) is 0 Å². The summed E-state index contributed by atoms with van der Waals surface area (Å²) in [6.45, 7) is 7.19. The lowest BCUT2D eigenvalue weighted by Gasteiger charge is -2.44. The molecule has 0 saturated carbocycles. The van der Waals surface area contributed by atoms with E-state index in [2.05, 4.69) is 33.8 Å². The zero-order valence-electron chi connectivity index (χ0n) is 19.4. The average molecular weight is 457 g/mol. The molecule has 0 radical (unpaired) electrons. The van der Waals surface area contributed by atoms with Crippen LogP contribution in [0.1, 0.15) is 25.8 Å². The maximum absolute atomic E-state index is 12.5. The van der Waals surface area contributed by atoms with Crippen LogP contribution in [-0.4, -0.2) is 72.4 Å². The fourth-order valence-electron chi connectivity index (χ4n) is 3.89. The number of amides is 2. The molecule has 1 aliphatic heterocycles. The Morgan fingerprint density at radius 1 is 1.09 bits per heavy atom. The largest absolute Gasteiger partial charge is 0.478 e. The van der Waals surface area contributed by atoms with Crippen molar-refractivity contribution in [3.8, 4) is 5.88 Å². The molecule has 1 aliphatic rings. The lowest BCUT2D eigenvalue weighted by molar-refractivity contribution is 0.0229. The van der Waals surface area contributed by atoms with Crippen molar-refractivity contribution in [2.24, 2.45) is 0 Å². The molecule has 1 fully saturated rings. The van der Waals surface area contributed by atoms with E-state index >= 15 is 0 Å². The summed E-state index contributed by atoms with van der Waals surface area (Å²) in [6, 6.07) is 13.6. The number of benzene rings is 1. The van der Waals surface area contributed by atoms with Crippen LogP contribution in [0.15, 0.2) is 48.7 Å². The normalized spacial score (nSPS) is 18.5. The Kier molecular flexibility index (Phi) is 8.88. The highest BCUT2D eigenvalue weighted by atomic mass is 16.6. The number of ether oxygens (including phenoxy) is 3. The van der Waals surface area contributed by atoms with Crippen LogP contribution in [0.5, 0.6) is 5.88 Å². The zero-order chi connectivity index (χ0) is 23.6. The molecule has 9 nitrogen and oxygen atoms in total. The molecule has 1 N–H and O–H groups in total. The monoisotopic (exact) mass is 456 g/mol. The number of aromatic nitrogens is 1. The minimum atomic E-state index is -0.543. The number of anilines is 1. The molecular formula is C24H32N4O5. The van der Waals surface area contributed by atoms with Crippen molar-refractivity contribution in [2.75, 3.05) is 38.7 Å². The number of pyridine rings is 1. The van der Waals surface area contributed by atoms with E-state index in [-0.39, 0.29) is 24.8 Å². The van der Waals surface area contributed by atoms with Gasteiger partial charge in [0.15, 0.2) is 0 Å². The highest BCUT2D eigenvalue weighted by molar-refractivity contribution is 5.84. The van der Waals surface area contributed by atoms with E-state index in [4.69, 9.17) is 9.47 Å². The number of hydrogen-bond acceptors (Lipinski definition) is 7. The van der Waals surface area contributed by atoms with Gasteiger partial charge in [0.05, 0.1) is 25.6 Å². The molecule has 33 heavy (non-hydrogen) atoms. The summed E-state index contributed by atoms with van der Waals surface area (Å²) in [5.41, 5.74) is 1.52. The lowest BCUT2D eigenvalue weighted by atomic mass is 10.1. The van der Waals surface area contributed by atoms with E-state index in [0.717, 1.165) is 18.5 Å². The van der Waals surface area contributed by atoms with Crippen molar-refractivity contribution in [1.29, 1.82) is 0 Å². The minimum Gasteiger partial charge on any atom is -0.478 e. The van der Waals surface area contributed by atoms with Crippen molar-refractivity contribution in [1.82, 2.24) is 14.8 Å². The fraction of sp³-hybridized carbons (Fsp3) is 0.458. The van der Waals surface area contributed by atoms with Crippen molar-refractivity contribution in [3.63, 3.8) is 0 Å². The Balaban J connectivity index is 1.38. The molecule has 2 aromatic rings. The lowest BCUT2D eigenvalue weighted by Crippen LogP contribution is -2.58. The van der Waals surface area contributed by atoms with Crippen LogP contribution in [0.25, 0.3) is 0 Å². The maximum atomic E-state index is 12.5. The second-order valence-electron chi connectivity index (χ2n) is 8.08. The summed E-state index contributed by atoms with van der Waals surface area (Å²) in [4.78, 5) is 32.1. The average Bonchev–Trinajstić information content (AvgIpc) is 2.83. The summed E-state index contributed by atoms with van der Waals surface area (Å²) < 4.78 is 15.8. The van der Waals surface area contributed by atoms with Gasteiger partial charge in [-0.3, -0.25) is 10.2 Å². The Morgan fingerprint density at radius 3 is 2.45 bits per heavy atom. The quantitative estimate of drug-likeness (QED) is 0.605. The summed E-state index contributed by atoms with van der Waals surface area (Å²) in [6.07, 6.45) is 1.54. The molecule has 0 aliphatic carbocycles. The van der Waals surface area contributed by atoms with Gasteiger partial charge in [-0.2, -0.15) is 0 Å². The van der Waals surface area contributed by atoms with E-state index in [9.17, 15) is 9.59 Å². The highest BCUT2D eigenvalue weighted by Gasteiger charge is 2.32. The molecule has 1 aromatic carbocycles. The van der Waals surface area contributed by atoms with Gasteiger partial charge >= 0.3 is 12.2 Å². The standard InChI is InChI=1S/C24H32N4O5/c1-18-15-27(24(30)33-17-20-8-5-4-6-9-20)16-19(2)28(18)12-7-13-32-22-11-10-21(14-25-22)26-23(29)31-3/h4-6,8-11,14,18-19H,7,12-13,15-17H2,1-3H3,(H,26,29)/t18-,19+. The van der Waals surface area contributed by atoms with Gasteiger partial charge in [-0.15, -0.1) is 0 Å². The van der Waals surface area contributed by atoms with Crippen molar-refractivity contribution in [2.45, 2.75) is 39.0 Å². The number of nitrogens with zero attached hydrogens (tertiary/aromatic N) is 3. The molecule has 0 unspecified atom stereocenters. The van der Waals surface area contributed by atoms with E-state index in [1.165, 1.54) is 13.3 Å². The third-order valence-electron chi connectivity index (χ3n) is 5.54. The van der Waals surface area contributed by atoms with Gasteiger partial charge in [-0.1, -0.05) is 30.3 Å². The predicted molar refractivity (Wildman–Crippen MR) is 124 cm³/mol. The van der Waals surface area contributed by atoms with Crippen molar-refractivity contribution >= 4 is 17.9 Å². The molecule has 3 rings (SSSR count).